The molecule has 9 rings (SSSR count). The SMILES string of the molecule is CCN1C[C@@H]2C[C@H]1CN2C(=O)c1cnn(C2CCC2)c1C1=Cc2cc(OC)ccc2-c2c(C3CCCCC3)c3ccc(C(=O)NS(=O)(=O)CC(C)C)cc3n2C1. The van der Waals surface area contributed by atoms with Crippen molar-refractivity contribution in [3.8, 4) is 17.0 Å². The van der Waals surface area contributed by atoms with Crippen LogP contribution in [0.1, 0.15) is 128 Å². The number of hydrogen-bond donors (Lipinski definition) is 1. The lowest BCUT2D eigenvalue weighted by atomic mass is 9.81. The lowest BCUT2D eigenvalue weighted by Gasteiger charge is -2.34. The summed E-state index contributed by atoms with van der Waals surface area (Å²) in [5.74, 6) is 0.245. The number of hydrogen-bond acceptors (Lipinski definition) is 7. The van der Waals surface area contributed by atoms with E-state index in [-0.39, 0.29) is 29.7 Å². The highest BCUT2D eigenvalue weighted by Crippen LogP contribution is 2.49. The molecule has 5 aliphatic rings. The molecule has 11 nitrogen and oxygen atoms in total. The molecule has 2 bridgehead atoms. The standard InChI is InChI=1S/C44H54N6O5S/c1-5-47-24-34-21-33(47)25-48(34)44(52)38-22-45-50(32-12-9-13-32)41(38)31-18-30-19-35(55-4)15-17-36(30)42-40(28-10-7-6-8-11-28)37-16-14-29(20-39(37)49(42)23-31)43(51)46-56(53,54)26-27(2)3/h14-20,22,27-28,32-34H,5-13,21,23-26H2,1-4H3,(H,46,51)/t33-,34-/m0/s1. The molecule has 2 aliphatic carbocycles. The molecular formula is C44H54N6O5S. The van der Waals surface area contributed by atoms with Crippen LogP contribution in [-0.4, -0.2) is 89.0 Å². The van der Waals surface area contributed by atoms with Crippen molar-refractivity contribution in [2.75, 3.05) is 32.5 Å². The van der Waals surface area contributed by atoms with Crippen LogP contribution in [0, 0.1) is 5.92 Å². The first-order chi connectivity index (χ1) is 27.0. The molecule has 2 atom stereocenters. The molecular weight excluding hydrogens is 725 g/mol. The van der Waals surface area contributed by atoms with Crippen LogP contribution >= 0.6 is 0 Å². The quantitative estimate of drug-likeness (QED) is 0.178. The first-order valence-electron chi connectivity index (χ1n) is 20.8. The van der Waals surface area contributed by atoms with E-state index in [1.807, 2.05) is 32.0 Å². The third-order valence-corrected chi connectivity index (χ3v) is 14.7. The molecule has 12 heteroatoms. The van der Waals surface area contributed by atoms with Crippen molar-refractivity contribution in [3.63, 3.8) is 0 Å². The van der Waals surface area contributed by atoms with Crippen LogP contribution < -0.4 is 9.46 Å². The fraction of sp³-hybridized carbons (Fsp3) is 0.523. The van der Waals surface area contributed by atoms with Gasteiger partial charge in [-0.15, -0.1) is 0 Å². The lowest BCUT2D eigenvalue weighted by molar-refractivity contribution is 0.0630. The average molecular weight is 779 g/mol. The number of nitrogens with one attached hydrogen (secondary N) is 1. The molecule has 2 saturated carbocycles. The van der Waals surface area contributed by atoms with Crippen LogP contribution in [0.25, 0.3) is 33.8 Å². The Hall–Kier alpha value is -4.42. The number of carbonyl (C=O) groups is 2. The monoisotopic (exact) mass is 778 g/mol. The summed E-state index contributed by atoms with van der Waals surface area (Å²) in [6, 6.07) is 12.7. The maximum absolute atomic E-state index is 14.7. The Bertz CT molecular complexity index is 2350. The van der Waals surface area contributed by atoms with Crippen LogP contribution in [0.3, 0.4) is 0 Å². The van der Waals surface area contributed by atoms with Gasteiger partial charge in [0.2, 0.25) is 10.0 Å². The van der Waals surface area contributed by atoms with E-state index in [9.17, 15) is 18.0 Å². The number of nitrogens with zero attached hydrogens (tertiary/aromatic N) is 5. The molecule has 56 heavy (non-hydrogen) atoms. The smallest absolute Gasteiger partial charge is 0.264 e. The van der Waals surface area contributed by atoms with E-state index in [0.717, 1.165) is 116 Å². The highest BCUT2D eigenvalue weighted by Gasteiger charge is 2.46. The Balaban J connectivity index is 1.22. The third kappa shape index (κ3) is 6.46. The molecule has 4 fully saturated rings. The summed E-state index contributed by atoms with van der Waals surface area (Å²) in [5, 5.41) is 6.06. The summed E-state index contributed by atoms with van der Waals surface area (Å²) >= 11 is 0. The highest BCUT2D eigenvalue weighted by atomic mass is 32.2. The third-order valence-electron chi connectivity index (χ3n) is 13.1. The molecule has 3 aliphatic heterocycles. The predicted octanol–water partition coefficient (Wildman–Crippen LogP) is 7.47. The van der Waals surface area contributed by atoms with Gasteiger partial charge in [0.25, 0.3) is 11.8 Å². The maximum atomic E-state index is 14.7. The minimum absolute atomic E-state index is 0.0480. The zero-order valence-electron chi connectivity index (χ0n) is 33.1. The number of ether oxygens (including phenoxy) is 1. The number of carbonyl (C=O) groups excluding carboxylic acids is 2. The number of methoxy groups -OCH3 is 1. The van der Waals surface area contributed by atoms with Gasteiger partial charge in [0, 0.05) is 47.2 Å². The van der Waals surface area contributed by atoms with Crippen molar-refractivity contribution in [2.45, 2.75) is 109 Å². The van der Waals surface area contributed by atoms with Gasteiger partial charge in [0.1, 0.15) is 5.75 Å². The minimum atomic E-state index is -3.82. The van der Waals surface area contributed by atoms with Crippen molar-refractivity contribution in [2.24, 2.45) is 5.92 Å². The molecule has 2 aromatic carbocycles. The number of amides is 2. The number of rotatable bonds is 10. The molecule has 5 heterocycles. The van der Waals surface area contributed by atoms with E-state index < -0.39 is 15.9 Å². The summed E-state index contributed by atoms with van der Waals surface area (Å²) in [6.45, 7) is 8.93. The highest BCUT2D eigenvalue weighted by molar-refractivity contribution is 7.90. The van der Waals surface area contributed by atoms with Crippen LogP contribution in [0.4, 0.5) is 0 Å². The largest absolute Gasteiger partial charge is 0.497 e. The number of sulfonamides is 1. The van der Waals surface area contributed by atoms with Gasteiger partial charge in [0.05, 0.1) is 48.6 Å². The summed E-state index contributed by atoms with van der Waals surface area (Å²) in [4.78, 5) is 33.0. The molecule has 0 radical (unpaired) electrons. The van der Waals surface area contributed by atoms with Crippen LogP contribution in [0.15, 0.2) is 42.6 Å². The number of aromatic nitrogens is 3. The number of fused-ring (bicyclic) bond motifs is 7. The maximum Gasteiger partial charge on any atom is 0.264 e. The van der Waals surface area contributed by atoms with Crippen molar-refractivity contribution < 1.29 is 22.7 Å². The van der Waals surface area contributed by atoms with E-state index in [1.54, 1.807) is 19.4 Å². The summed E-state index contributed by atoms with van der Waals surface area (Å²) < 4.78 is 38.4. The van der Waals surface area contributed by atoms with Gasteiger partial charge in [-0.1, -0.05) is 46.1 Å². The number of allylic oxidation sites excluding steroid dienone is 1. The molecule has 2 aromatic heterocycles. The van der Waals surface area contributed by atoms with Gasteiger partial charge < -0.3 is 14.2 Å². The van der Waals surface area contributed by atoms with E-state index in [0.29, 0.717) is 29.6 Å². The molecule has 296 valence electrons. The van der Waals surface area contributed by atoms with E-state index in [4.69, 9.17) is 9.84 Å². The fourth-order valence-corrected chi connectivity index (χ4v) is 11.7. The second-order valence-corrected chi connectivity index (χ2v) is 18.9. The van der Waals surface area contributed by atoms with Crippen molar-refractivity contribution in [1.29, 1.82) is 0 Å². The van der Waals surface area contributed by atoms with Gasteiger partial charge >= 0.3 is 0 Å². The van der Waals surface area contributed by atoms with Crippen LogP contribution in [0.5, 0.6) is 5.75 Å². The first kappa shape index (κ1) is 37.2. The van der Waals surface area contributed by atoms with E-state index in [1.165, 1.54) is 12.0 Å². The first-order valence-corrected chi connectivity index (χ1v) is 22.4. The molecule has 1 N–H and O–H groups in total. The Morgan fingerprint density at radius 2 is 1.75 bits per heavy atom. The lowest BCUT2D eigenvalue weighted by Crippen LogP contribution is -2.48. The van der Waals surface area contributed by atoms with Gasteiger partial charge in [0.15, 0.2) is 0 Å². The molecule has 4 aromatic rings. The normalized spacial score (nSPS) is 21.5. The van der Waals surface area contributed by atoms with E-state index in [2.05, 4.69) is 48.9 Å². The minimum Gasteiger partial charge on any atom is -0.497 e. The zero-order valence-corrected chi connectivity index (χ0v) is 33.9. The van der Waals surface area contributed by atoms with Gasteiger partial charge in [-0.3, -0.25) is 19.2 Å². The molecule has 2 amide bonds. The van der Waals surface area contributed by atoms with E-state index >= 15 is 0 Å². The number of benzene rings is 2. The Morgan fingerprint density at radius 3 is 2.43 bits per heavy atom. The number of likely N-dealkylation sites (tertiary alicyclic amines) is 2. The predicted molar refractivity (Wildman–Crippen MR) is 219 cm³/mol. The second-order valence-electron chi connectivity index (χ2n) is 17.2. The summed E-state index contributed by atoms with van der Waals surface area (Å²) in [5.41, 5.74) is 8.13. The summed E-state index contributed by atoms with van der Waals surface area (Å²) in [6.07, 6.45) is 13.9. The average Bonchev–Trinajstić information content (AvgIpc) is 3.93. The Kier molecular flexibility index (Phi) is 9.63. The Labute approximate surface area is 330 Å². The Morgan fingerprint density at radius 1 is 0.946 bits per heavy atom. The van der Waals surface area contributed by atoms with Gasteiger partial charge in [-0.25, -0.2) is 13.1 Å². The fourth-order valence-electron chi connectivity index (χ4n) is 10.3. The molecule has 0 spiro atoms. The number of likely N-dealkylation sites (N-methyl/N-ethyl adjacent to an activating group) is 1. The van der Waals surface area contributed by atoms with Crippen molar-refractivity contribution in [1.82, 2.24) is 28.9 Å². The van der Waals surface area contributed by atoms with Crippen LogP contribution in [0.2, 0.25) is 0 Å². The van der Waals surface area contributed by atoms with Crippen molar-refractivity contribution in [3.05, 3.63) is 70.5 Å². The molecule has 2 saturated heterocycles. The zero-order chi connectivity index (χ0) is 38.9. The number of piperazine rings is 1. The second kappa shape index (κ2) is 14.5. The topological polar surface area (TPSA) is 119 Å². The van der Waals surface area contributed by atoms with Crippen LogP contribution in [-0.2, 0) is 16.6 Å². The summed E-state index contributed by atoms with van der Waals surface area (Å²) in [7, 11) is -2.13. The van der Waals surface area contributed by atoms with Gasteiger partial charge in [-0.05, 0) is 110 Å². The van der Waals surface area contributed by atoms with Gasteiger partial charge in [-0.2, -0.15) is 5.10 Å². The van der Waals surface area contributed by atoms with Crippen molar-refractivity contribution >= 4 is 44.4 Å². The molecule has 0 unspecified atom stereocenters.